The van der Waals surface area contributed by atoms with Crippen LogP contribution >= 0.6 is 11.6 Å². The molecular formula is C25H18ClF2N3O. The summed E-state index contributed by atoms with van der Waals surface area (Å²) in [5.74, 6) is -0.909. The molecule has 32 heavy (non-hydrogen) atoms. The van der Waals surface area contributed by atoms with Crippen LogP contribution in [-0.4, -0.2) is 15.5 Å². The summed E-state index contributed by atoms with van der Waals surface area (Å²) in [6.07, 6.45) is 1.95. The monoisotopic (exact) mass is 449 g/mol. The number of hydrogen-bond donors (Lipinski definition) is 1. The molecule has 2 amide bonds. The number of benzene rings is 3. The van der Waals surface area contributed by atoms with E-state index < -0.39 is 11.9 Å². The fourth-order valence-electron chi connectivity index (χ4n) is 4.10. The summed E-state index contributed by atoms with van der Waals surface area (Å²) in [6.45, 7) is 0.320. The number of amides is 2. The maximum Gasteiger partial charge on any atom is 0.322 e. The molecule has 0 radical (unpaired) electrons. The molecule has 7 heteroatoms. The third-order valence-corrected chi connectivity index (χ3v) is 5.87. The number of carbonyl (C=O) groups is 1. The van der Waals surface area contributed by atoms with Gasteiger partial charge < -0.3 is 14.8 Å². The molecule has 0 saturated carbocycles. The first-order valence-electron chi connectivity index (χ1n) is 10.0. The molecule has 0 spiro atoms. The van der Waals surface area contributed by atoms with E-state index in [4.69, 9.17) is 11.6 Å². The fraction of sp³-hybridized carbons (Fsp3) is 0.0800. The molecule has 1 aromatic heterocycles. The first kappa shape index (κ1) is 20.3. The molecule has 0 fully saturated rings. The van der Waals surface area contributed by atoms with Crippen molar-refractivity contribution in [2.24, 2.45) is 0 Å². The normalized spacial score (nSPS) is 15.0. The molecule has 160 valence electrons. The quantitative estimate of drug-likeness (QED) is 0.370. The minimum atomic E-state index is -0.560. The number of aromatic nitrogens is 1. The van der Waals surface area contributed by atoms with Crippen molar-refractivity contribution in [3.63, 3.8) is 0 Å². The fourth-order valence-corrected chi connectivity index (χ4v) is 4.28. The van der Waals surface area contributed by atoms with Crippen LogP contribution in [0, 0.1) is 11.6 Å². The van der Waals surface area contributed by atoms with Crippen LogP contribution in [0.2, 0.25) is 5.02 Å². The van der Waals surface area contributed by atoms with E-state index in [9.17, 15) is 13.6 Å². The van der Waals surface area contributed by atoms with Gasteiger partial charge in [0.05, 0.1) is 23.3 Å². The van der Waals surface area contributed by atoms with E-state index in [0.717, 1.165) is 22.5 Å². The number of carbonyl (C=O) groups excluding carboxylic acids is 1. The Morgan fingerprint density at radius 1 is 0.969 bits per heavy atom. The number of para-hydroxylation sites is 1. The minimum Gasteiger partial charge on any atom is -0.318 e. The number of nitrogens with zero attached hydrogens (tertiary/aromatic N) is 2. The van der Waals surface area contributed by atoms with Gasteiger partial charge in [0.15, 0.2) is 0 Å². The second-order valence-electron chi connectivity index (χ2n) is 7.57. The summed E-state index contributed by atoms with van der Waals surface area (Å²) in [6, 6.07) is 21.0. The van der Waals surface area contributed by atoms with Gasteiger partial charge >= 0.3 is 6.03 Å². The average molecular weight is 450 g/mol. The topological polar surface area (TPSA) is 37.3 Å². The van der Waals surface area contributed by atoms with Crippen molar-refractivity contribution >= 4 is 23.3 Å². The highest BCUT2D eigenvalue weighted by Gasteiger charge is 2.33. The summed E-state index contributed by atoms with van der Waals surface area (Å²) >= 11 is 5.89. The van der Waals surface area contributed by atoms with Gasteiger partial charge in [-0.25, -0.2) is 13.6 Å². The Balaban J connectivity index is 1.61. The molecule has 0 bridgehead atoms. The molecule has 2 heterocycles. The van der Waals surface area contributed by atoms with Crippen molar-refractivity contribution in [3.8, 4) is 5.69 Å². The van der Waals surface area contributed by atoms with Crippen molar-refractivity contribution in [2.45, 2.75) is 12.6 Å². The van der Waals surface area contributed by atoms with Crippen LogP contribution in [0.25, 0.3) is 5.69 Å². The smallest absolute Gasteiger partial charge is 0.318 e. The van der Waals surface area contributed by atoms with Crippen LogP contribution in [-0.2, 0) is 6.54 Å². The minimum absolute atomic E-state index is 0.0760. The Kier molecular flexibility index (Phi) is 5.15. The van der Waals surface area contributed by atoms with Gasteiger partial charge in [-0.15, -0.1) is 0 Å². The molecule has 0 aliphatic carbocycles. The third kappa shape index (κ3) is 3.63. The number of hydrogen-bond acceptors (Lipinski definition) is 1. The SMILES string of the molecule is O=C(Nc1ccc(F)c(Cl)c1)N1Cc2ccccc2-n2cccc2[C@H]1c1ccc(F)cc1. The van der Waals surface area contributed by atoms with Gasteiger partial charge in [0.2, 0.25) is 0 Å². The molecule has 5 rings (SSSR count). The molecule has 1 aliphatic heterocycles. The molecule has 1 aliphatic rings. The molecule has 4 nitrogen and oxygen atoms in total. The van der Waals surface area contributed by atoms with E-state index in [1.165, 1.54) is 30.3 Å². The highest BCUT2D eigenvalue weighted by molar-refractivity contribution is 6.31. The summed E-state index contributed by atoms with van der Waals surface area (Å²) in [5, 5.41) is 2.75. The van der Waals surface area contributed by atoms with Crippen LogP contribution < -0.4 is 5.32 Å². The van der Waals surface area contributed by atoms with E-state index in [0.29, 0.717) is 12.2 Å². The number of nitrogens with one attached hydrogen (secondary N) is 1. The number of fused-ring (bicyclic) bond motifs is 3. The van der Waals surface area contributed by atoms with E-state index in [-0.39, 0.29) is 16.9 Å². The zero-order valence-electron chi connectivity index (χ0n) is 16.8. The van der Waals surface area contributed by atoms with Crippen LogP contribution in [0.15, 0.2) is 85.1 Å². The molecule has 4 aromatic rings. The lowest BCUT2D eigenvalue weighted by molar-refractivity contribution is 0.194. The number of urea groups is 1. The van der Waals surface area contributed by atoms with Gasteiger partial charge in [-0.05, 0) is 59.7 Å². The van der Waals surface area contributed by atoms with Crippen molar-refractivity contribution in [3.05, 3.63) is 119 Å². The Morgan fingerprint density at radius 3 is 2.53 bits per heavy atom. The van der Waals surface area contributed by atoms with Gasteiger partial charge in [0.25, 0.3) is 0 Å². The highest BCUT2D eigenvalue weighted by Crippen LogP contribution is 2.37. The van der Waals surface area contributed by atoms with Crippen LogP contribution in [0.4, 0.5) is 19.3 Å². The third-order valence-electron chi connectivity index (χ3n) is 5.58. The lowest BCUT2D eigenvalue weighted by Crippen LogP contribution is -2.37. The molecule has 0 saturated heterocycles. The van der Waals surface area contributed by atoms with Gasteiger partial charge in [-0.3, -0.25) is 0 Å². The van der Waals surface area contributed by atoms with Crippen molar-refractivity contribution in [1.82, 2.24) is 9.47 Å². The maximum atomic E-state index is 13.7. The Hall–Kier alpha value is -3.64. The van der Waals surface area contributed by atoms with E-state index >= 15 is 0 Å². The molecule has 3 aromatic carbocycles. The van der Waals surface area contributed by atoms with E-state index in [1.54, 1.807) is 17.0 Å². The zero-order chi connectivity index (χ0) is 22.2. The van der Waals surface area contributed by atoms with Gasteiger partial charge in [0, 0.05) is 17.6 Å². The molecule has 0 unspecified atom stereocenters. The summed E-state index contributed by atoms with van der Waals surface area (Å²) in [5.41, 5.74) is 3.95. The average Bonchev–Trinajstić information content (AvgIpc) is 3.21. The first-order valence-corrected chi connectivity index (χ1v) is 10.4. The second-order valence-corrected chi connectivity index (χ2v) is 7.98. The predicted octanol–water partition coefficient (Wildman–Crippen LogP) is 6.55. The molecule has 1 N–H and O–H groups in total. The summed E-state index contributed by atoms with van der Waals surface area (Å²) in [4.78, 5) is 15.2. The Labute approximate surface area is 188 Å². The van der Waals surface area contributed by atoms with Crippen LogP contribution in [0.3, 0.4) is 0 Å². The maximum absolute atomic E-state index is 13.7. The number of halogens is 3. The second kappa shape index (κ2) is 8.13. The van der Waals surface area contributed by atoms with Gasteiger partial charge in [-0.2, -0.15) is 0 Å². The number of rotatable bonds is 2. The molecular weight excluding hydrogens is 432 g/mol. The molecule has 1 atom stereocenters. The van der Waals surface area contributed by atoms with Crippen LogP contribution in [0.5, 0.6) is 0 Å². The van der Waals surface area contributed by atoms with Crippen LogP contribution in [0.1, 0.15) is 22.9 Å². The van der Waals surface area contributed by atoms with Gasteiger partial charge in [0.1, 0.15) is 11.6 Å². The van der Waals surface area contributed by atoms with E-state index in [2.05, 4.69) is 5.32 Å². The largest absolute Gasteiger partial charge is 0.322 e. The number of anilines is 1. The lowest BCUT2D eigenvalue weighted by atomic mass is 10.0. The summed E-state index contributed by atoms with van der Waals surface area (Å²) in [7, 11) is 0. The van der Waals surface area contributed by atoms with Crippen molar-refractivity contribution in [1.29, 1.82) is 0 Å². The zero-order valence-corrected chi connectivity index (χ0v) is 17.6. The van der Waals surface area contributed by atoms with Gasteiger partial charge in [-0.1, -0.05) is 41.9 Å². The van der Waals surface area contributed by atoms with E-state index in [1.807, 2.05) is 47.2 Å². The Bertz CT molecular complexity index is 1300. The van der Waals surface area contributed by atoms with Crippen molar-refractivity contribution in [2.75, 3.05) is 5.32 Å². The first-order chi connectivity index (χ1) is 15.5. The lowest BCUT2D eigenvalue weighted by Gasteiger charge is -2.31. The predicted molar refractivity (Wildman–Crippen MR) is 120 cm³/mol. The van der Waals surface area contributed by atoms with Crippen molar-refractivity contribution < 1.29 is 13.6 Å². The standard InChI is InChI=1S/C25H18ClF2N3O/c26-20-14-19(11-12-21(20)28)29-25(32)31-15-17-4-1-2-5-22(17)30-13-3-6-23(30)24(31)16-7-9-18(27)10-8-16/h1-14,24H,15H2,(H,29,32)/t24-/m1/s1. The summed E-state index contributed by atoms with van der Waals surface area (Å²) < 4.78 is 29.3. The highest BCUT2D eigenvalue weighted by atomic mass is 35.5. The Morgan fingerprint density at radius 2 is 1.75 bits per heavy atom.